The number of benzene rings is 13. The minimum Gasteiger partial charge on any atom is -0.311 e. The van der Waals surface area contributed by atoms with Crippen molar-refractivity contribution in [2.24, 2.45) is 0 Å². The largest absolute Gasteiger partial charge is 0.311 e. The van der Waals surface area contributed by atoms with Crippen LogP contribution in [0.5, 0.6) is 0 Å². The Morgan fingerprint density at radius 1 is 0.320 bits per heavy atom. The highest BCUT2D eigenvalue weighted by molar-refractivity contribution is 7.26. The van der Waals surface area contributed by atoms with Crippen LogP contribution in [0.25, 0.3) is 118 Å². The van der Waals surface area contributed by atoms with Gasteiger partial charge in [0.1, 0.15) is 0 Å². The van der Waals surface area contributed by atoms with Gasteiger partial charge in [0, 0.05) is 107 Å². The van der Waals surface area contributed by atoms with Gasteiger partial charge in [-0.05, 0) is 196 Å². The second-order valence-electron chi connectivity index (χ2n) is 28.0. The van der Waals surface area contributed by atoms with E-state index in [4.69, 9.17) is 0 Å². The average Bonchev–Trinajstić information content (AvgIpc) is 1.45. The Morgan fingerprint density at radius 3 is 1.18 bits per heavy atom. The van der Waals surface area contributed by atoms with Crippen LogP contribution in [-0.2, 0) is 18.3 Å². The van der Waals surface area contributed by atoms with Gasteiger partial charge in [0.2, 0.25) is 0 Å². The highest BCUT2D eigenvalue weighted by Gasteiger charge is 2.45. The lowest BCUT2D eigenvalue weighted by Crippen LogP contribution is -2.61. The Balaban J connectivity index is 0.931. The number of unbranched alkanes of at least 4 members (excludes halogenated alkanes) is 2. The first-order chi connectivity index (χ1) is 47.6. The molecule has 0 radical (unpaired) electrons. The van der Waals surface area contributed by atoms with E-state index < -0.39 is 0 Å². The molecule has 0 saturated heterocycles. The predicted molar refractivity (Wildman–Crippen MR) is 422 cm³/mol. The molecule has 0 N–H and O–H groups in total. The maximum atomic E-state index is 2.76. The van der Waals surface area contributed by atoms with E-state index in [1.165, 1.54) is 173 Å². The quantitative estimate of drug-likeness (QED) is 0.113. The van der Waals surface area contributed by atoms with Crippen LogP contribution in [0.2, 0.25) is 0 Å². The molecule has 0 unspecified atom stereocenters. The summed E-state index contributed by atoms with van der Waals surface area (Å²) in [7, 11) is 0. The molecule has 7 heteroatoms. The van der Waals surface area contributed by atoms with Crippen molar-refractivity contribution in [3.8, 4) is 33.6 Å². The number of aromatic nitrogens is 2. The second kappa shape index (κ2) is 22.6. The number of nitrogens with zero attached hydrogens (tertiary/aromatic N) is 4. The summed E-state index contributed by atoms with van der Waals surface area (Å²) in [6.07, 6.45) is 6.30. The van der Waals surface area contributed by atoms with E-state index in [9.17, 15) is 0 Å². The zero-order valence-corrected chi connectivity index (χ0v) is 57.0. The number of hydrogen-bond acceptors (Lipinski definition) is 4. The van der Waals surface area contributed by atoms with Gasteiger partial charge < -0.3 is 18.9 Å². The van der Waals surface area contributed by atoms with Crippen LogP contribution < -0.4 is 26.2 Å². The van der Waals surface area contributed by atoms with Crippen molar-refractivity contribution in [3.05, 3.63) is 284 Å². The van der Waals surface area contributed by atoms with Gasteiger partial charge in [0.25, 0.3) is 6.71 Å². The van der Waals surface area contributed by atoms with Crippen LogP contribution in [-0.4, -0.2) is 15.8 Å². The lowest BCUT2D eigenvalue weighted by atomic mass is 9.33. The average molecular weight is 1280 g/mol. The van der Waals surface area contributed by atoms with Gasteiger partial charge in [-0.25, -0.2) is 0 Å². The van der Waals surface area contributed by atoms with Gasteiger partial charge in [-0.2, -0.15) is 0 Å². The molecule has 4 nitrogen and oxygen atoms in total. The van der Waals surface area contributed by atoms with Gasteiger partial charge in [-0.3, -0.25) is 0 Å². The molecule has 19 rings (SSSR count). The molecule has 0 bridgehead atoms. The molecule has 0 aliphatic carbocycles. The fraction of sp³-hybridized carbons (Fsp3) is 0.133. The summed E-state index contributed by atoms with van der Waals surface area (Å²) in [4.78, 5) is 5.52. The predicted octanol–water partition coefficient (Wildman–Crippen LogP) is 24.0. The van der Waals surface area contributed by atoms with Gasteiger partial charge in [-0.15, -0.1) is 22.7 Å². The van der Waals surface area contributed by atoms with Crippen molar-refractivity contribution in [3.63, 3.8) is 0 Å². The topological polar surface area (TPSA) is 16.3 Å². The minimum atomic E-state index is -0.233. The monoisotopic (exact) mass is 1280 g/mol. The van der Waals surface area contributed by atoms with Crippen LogP contribution in [0.3, 0.4) is 0 Å². The maximum Gasteiger partial charge on any atom is 0.252 e. The van der Waals surface area contributed by atoms with Crippen LogP contribution in [0.1, 0.15) is 77.0 Å². The number of para-hydroxylation sites is 2. The number of anilines is 6. The Hall–Kier alpha value is -10.4. The molecule has 0 spiro atoms. The molecule has 0 fully saturated rings. The molecule has 0 atom stereocenters. The molecule has 6 heterocycles. The Labute approximate surface area is 574 Å². The van der Waals surface area contributed by atoms with Gasteiger partial charge in [0.15, 0.2) is 0 Å². The van der Waals surface area contributed by atoms with E-state index in [0.717, 1.165) is 49.9 Å². The van der Waals surface area contributed by atoms with E-state index in [-0.39, 0.29) is 12.1 Å². The minimum absolute atomic E-state index is 0.132. The molecule has 4 aromatic heterocycles. The van der Waals surface area contributed by atoms with E-state index in [2.05, 4.69) is 320 Å². The molecule has 2 aliphatic heterocycles. The van der Waals surface area contributed by atoms with Gasteiger partial charge in [-0.1, -0.05) is 205 Å². The third-order valence-corrected chi connectivity index (χ3v) is 23.5. The standard InChI is InChI=1S/C90H71BN4S2/c1-6-8-24-60-48-87-71(67-32-18-22-36-85(67)96-87)54-79(60)94-81-52-63(92-75-34-20-16-30-65(75)69-46-58(38-44-77(69)92)56-26-12-10-13-27-56)40-42-73(81)91-74-43-41-64(93-76-35-21-17-31-66(76)70-47-59(39-45-78(70)93)57-28-14-11-15-29-57)53-82(74)95(84-51-62(90(3,4)5)50-83(94)89(84)91)80-55-72-68-33-19-23-37-86(68)97-88(72)49-61(80)25-9-7-2/h10-23,26-55H,6-9,24-25H2,1-5H3. The summed E-state index contributed by atoms with van der Waals surface area (Å²) >= 11 is 3.86. The van der Waals surface area contributed by atoms with Crippen LogP contribution in [0.15, 0.2) is 267 Å². The summed E-state index contributed by atoms with van der Waals surface area (Å²) in [5.41, 5.74) is 27.1. The summed E-state index contributed by atoms with van der Waals surface area (Å²) in [5.74, 6) is 0. The summed E-state index contributed by atoms with van der Waals surface area (Å²) < 4.78 is 10.4. The normalized spacial score (nSPS) is 13.0. The number of thiophene rings is 2. The molecule has 0 saturated carbocycles. The molecular formula is C90H71BN4S2. The number of hydrogen-bond donors (Lipinski definition) is 0. The molecule has 17 aromatic rings. The summed E-state index contributed by atoms with van der Waals surface area (Å²) in [6.45, 7) is 11.8. The van der Waals surface area contributed by atoms with Crippen molar-refractivity contribution in [2.75, 3.05) is 9.80 Å². The highest BCUT2D eigenvalue weighted by Crippen LogP contribution is 2.52. The van der Waals surface area contributed by atoms with Crippen LogP contribution >= 0.6 is 22.7 Å². The van der Waals surface area contributed by atoms with Gasteiger partial charge >= 0.3 is 0 Å². The van der Waals surface area contributed by atoms with Crippen LogP contribution in [0.4, 0.5) is 34.1 Å². The second-order valence-corrected chi connectivity index (χ2v) is 30.2. The molecule has 13 aromatic carbocycles. The zero-order valence-electron chi connectivity index (χ0n) is 55.3. The number of fused-ring (bicyclic) bond motifs is 16. The zero-order chi connectivity index (χ0) is 64.8. The fourth-order valence-electron chi connectivity index (χ4n) is 16.5. The maximum absolute atomic E-state index is 2.76. The van der Waals surface area contributed by atoms with Gasteiger partial charge in [0.05, 0.1) is 22.1 Å². The molecule has 97 heavy (non-hydrogen) atoms. The van der Waals surface area contributed by atoms with Crippen molar-refractivity contribution < 1.29 is 0 Å². The lowest BCUT2D eigenvalue weighted by molar-refractivity contribution is 0.590. The molecule has 2 aliphatic rings. The first kappa shape index (κ1) is 58.0. The molecule has 0 amide bonds. The first-order valence-electron chi connectivity index (χ1n) is 34.8. The Kier molecular flexibility index (Phi) is 13.5. The lowest BCUT2D eigenvalue weighted by Gasteiger charge is -2.46. The van der Waals surface area contributed by atoms with E-state index in [0.29, 0.717) is 0 Å². The third-order valence-electron chi connectivity index (χ3n) is 21.2. The number of rotatable bonds is 12. The van der Waals surface area contributed by atoms with Crippen molar-refractivity contribution in [2.45, 2.75) is 78.6 Å². The van der Waals surface area contributed by atoms with Crippen LogP contribution in [0, 0.1) is 0 Å². The van der Waals surface area contributed by atoms with Crippen molar-refractivity contribution in [1.82, 2.24) is 9.13 Å². The third kappa shape index (κ3) is 9.15. The fourth-order valence-corrected chi connectivity index (χ4v) is 18.8. The smallest absolute Gasteiger partial charge is 0.252 e. The van der Waals surface area contributed by atoms with Crippen molar-refractivity contribution >= 4 is 164 Å². The van der Waals surface area contributed by atoms with E-state index in [1.807, 2.05) is 22.7 Å². The van der Waals surface area contributed by atoms with E-state index >= 15 is 0 Å². The summed E-state index contributed by atoms with van der Waals surface area (Å²) in [5, 5.41) is 10.2. The molecular weight excluding hydrogens is 1210 g/mol. The summed E-state index contributed by atoms with van der Waals surface area (Å²) in [6, 6.07) is 103. The van der Waals surface area contributed by atoms with E-state index in [1.54, 1.807) is 0 Å². The highest BCUT2D eigenvalue weighted by atomic mass is 32.1. The molecule has 466 valence electrons. The number of aryl methyl sites for hydroxylation is 2. The SMILES string of the molecule is CCCCc1cc2sc3ccccc3c2cc1N1c2cc(-n3c4ccccc4c4cc(-c5ccccc5)ccc43)ccc2B2c3ccc(-n4c5ccccc5c5cc(-c6ccccc6)ccc54)cc3N(c3cc4c(cc3CCCC)sc3ccccc34)c3cc(C(C)(C)C)cc1c32. The Bertz CT molecular complexity index is 5700. The Morgan fingerprint density at radius 2 is 0.732 bits per heavy atom. The first-order valence-corrected chi connectivity index (χ1v) is 36.4. The van der Waals surface area contributed by atoms with Crippen molar-refractivity contribution in [1.29, 1.82) is 0 Å².